The number of amides is 2. The van der Waals surface area contributed by atoms with Crippen LogP contribution in [0, 0.1) is 0 Å². The fourth-order valence-corrected chi connectivity index (χ4v) is 3.75. The lowest BCUT2D eigenvalue weighted by Gasteiger charge is -2.27. The Bertz CT molecular complexity index is 818. The van der Waals surface area contributed by atoms with Crippen molar-refractivity contribution >= 4 is 46.4 Å². The molecule has 1 atom stereocenters. The van der Waals surface area contributed by atoms with Crippen molar-refractivity contribution in [3.8, 4) is 0 Å². The Balaban J connectivity index is 1.88. The van der Waals surface area contributed by atoms with E-state index in [0.717, 1.165) is 17.7 Å². The lowest BCUT2D eigenvalue weighted by molar-refractivity contribution is -0.121. The van der Waals surface area contributed by atoms with E-state index in [4.69, 9.17) is 23.2 Å². The van der Waals surface area contributed by atoms with E-state index >= 15 is 0 Å². The number of hydrogen-bond donors (Lipinski definition) is 0. The number of halogens is 2. The molecule has 25 heavy (non-hydrogen) atoms. The zero-order valence-corrected chi connectivity index (χ0v) is 15.5. The molecular weight excluding hydrogens is 359 g/mol. The van der Waals surface area contributed by atoms with Crippen molar-refractivity contribution in [3.05, 3.63) is 58.1 Å². The van der Waals surface area contributed by atoms with Crippen molar-refractivity contribution < 1.29 is 9.59 Å². The minimum absolute atomic E-state index is 0.0571. The Morgan fingerprint density at radius 3 is 2.44 bits per heavy atom. The molecule has 4 nitrogen and oxygen atoms in total. The summed E-state index contributed by atoms with van der Waals surface area (Å²) in [6.45, 7) is 3.36. The molecule has 0 N–H and O–H groups in total. The number of fused-ring (bicyclic) bond motifs is 1. The van der Waals surface area contributed by atoms with Crippen LogP contribution < -0.4 is 9.80 Å². The van der Waals surface area contributed by atoms with Crippen molar-refractivity contribution in [1.82, 2.24) is 0 Å². The van der Waals surface area contributed by atoms with Crippen LogP contribution in [0.5, 0.6) is 0 Å². The van der Waals surface area contributed by atoms with Gasteiger partial charge < -0.3 is 9.80 Å². The predicted octanol–water partition coefficient (Wildman–Crippen LogP) is 4.32. The summed E-state index contributed by atoms with van der Waals surface area (Å²) in [4.78, 5) is 28.2. The Labute approximate surface area is 156 Å². The monoisotopic (exact) mass is 376 g/mol. The number of benzene rings is 2. The van der Waals surface area contributed by atoms with Crippen LogP contribution in [0.15, 0.2) is 42.5 Å². The summed E-state index contributed by atoms with van der Waals surface area (Å²) in [5.74, 6) is -0.379. The highest BCUT2D eigenvalue weighted by atomic mass is 35.5. The van der Waals surface area contributed by atoms with Gasteiger partial charge in [0.15, 0.2) is 0 Å². The summed E-state index contributed by atoms with van der Waals surface area (Å²) in [5, 5.41) is 0.835. The highest BCUT2D eigenvalue weighted by Gasteiger charge is 2.32. The molecular formula is C19H18Cl2N2O2. The molecule has 2 aromatic carbocycles. The summed E-state index contributed by atoms with van der Waals surface area (Å²) in [6, 6.07) is 12.7. The van der Waals surface area contributed by atoms with Crippen LogP contribution in [0.1, 0.15) is 19.4 Å². The first kappa shape index (κ1) is 17.8. The maximum absolute atomic E-state index is 12.9. The number of rotatable bonds is 3. The van der Waals surface area contributed by atoms with Gasteiger partial charge in [0.25, 0.3) is 0 Å². The number of hydrogen-bond acceptors (Lipinski definition) is 2. The van der Waals surface area contributed by atoms with Gasteiger partial charge in [0.2, 0.25) is 11.8 Å². The van der Waals surface area contributed by atoms with Crippen molar-refractivity contribution in [3.63, 3.8) is 0 Å². The zero-order chi connectivity index (χ0) is 18.1. The first-order chi connectivity index (χ1) is 11.9. The Hall–Kier alpha value is -2.04. The van der Waals surface area contributed by atoms with Gasteiger partial charge in [-0.15, -0.1) is 0 Å². The number of anilines is 2. The van der Waals surface area contributed by atoms with Crippen LogP contribution in [-0.2, 0) is 16.0 Å². The molecule has 0 saturated carbocycles. The lowest BCUT2D eigenvalue weighted by atomic mass is 10.1. The molecule has 1 aliphatic heterocycles. The van der Waals surface area contributed by atoms with Gasteiger partial charge in [-0.2, -0.15) is 0 Å². The quantitative estimate of drug-likeness (QED) is 0.799. The van der Waals surface area contributed by atoms with Gasteiger partial charge in [0, 0.05) is 34.4 Å². The van der Waals surface area contributed by atoms with Crippen LogP contribution >= 0.6 is 23.2 Å². The molecule has 0 spiro atoms. The molecule has 6 heteroatoms. The standard InChI is InChI=1S/C19H18Cl2N2O2/c1-12-7-14-5-3-4-6-18(14)23(12)19(25)11-22(13(2)24)17-9-15(20)8-16(21)10-17/h3-6,8-10,12H,7,11H2,1-2H3. The first-order valence-electron chi connectivity index (χ1n) is 8.01. The molecule has 0 bridgehead atoms. The van der Waals surface area contributed by atoms with Crippen LogP contribution in [0.2, 0.25) is 10.0 Å². The van der Waals surface area contributed by atoms with E-state index < -0.39 is 0 Å². The average molecular weight is 377 g/mol. The Kier molecular flexibility index (Phi) is 5.02. The molecule has 0 saturated heterocycles. The second-order valence-electron chi connectivity index (χ2n) is 6.18. The number of carbonyl (C=O) groups is 2. The molecule has 1 aliphatic rings. The fraction of sp³-hybridized carbons (Fsp3) is 0.263. The van der Waals surface area contributed by atoms with E-state index in [0.29, 0.717) is 15.7 Å². The molecule has 3 rings (SSSR count). The van der Waals surface area contributed by atoms with Crippen molar-refractivity contribution in [1.29, 1.82) is 0 Å². The summed E-state index contributed by atoms with van der Waals surface area (Å²) in [5.41, 5.74) is 2.56. The average Bonchev–Trinajstić information content (AvgIpc) is 2.86. The van der Waals surface area contributed by atoms with Crippen LogP contribution in [0.3, 0.4) is 0 Å². The van der Waals surface area contributed by atoms with E-state index in [-0.39, 0.29) is 24.4 Å². The molecule has 0 radical (unpaired) electrons. The van der Waals surface area contributed by atoms with Crippen molar-refractivity contribution in [2.24, 2.45) is 0 Å². The van der Waals surface area contributed by atoms with Crippen LogP contribution in [0.25, 0.3) is 0 Å². The molecule has 130 valence electrons. The predicted molar refractivity (Wildman–Crippen MR) is 102 cm³/mol. The molecule has 0 aromatic heterocycles. The Morgan fingerprint density at radius 1 is 1.16 bits per heavy atom. The van der Waals surface area contributed by atoms with Crippen LogP contribution in [0.4, 0.5) is 11.4 Å². The second-order valence-corrected chi connectivity index (χ2v) is 7.05. The normalized spacial score (nSPS) is 15.8. The zero-order valence-electron chi connectivity index (χ0n) is 14.0. The van der Waals surface area contributed by atoms with Crippen molar-refractivity contribution in [2.75, 3.05) is 16.3 Å². The van der Waals surface area contributed by atoms with Gasteiger partial charge in [-0.3, -0.25) is 9.59 Å². The van der Waals surface area contributed by atoms with E-state index in [1.807, 2.05) is 31.2 Å². The van der Waals surface area contributed by atoms with E-state index in [1.54, 1.807) is 23.1 Å². The molecule has 1 heterocycles. The van der Waals surface area contributed by atoms with Crippen molar-refractivity contribution in [2.45, 2.75) is 26.3 Å². The number of para-hydroxylation sites is 1. The summed E-state index contributed by atoms with van der Waals surface area (Å²) in [7, 11) is 0. The smallest absolute Gasteiger partial charge is 0.247 e. The maximum atomic E-state index is 12.9. The topological polar surface area (TPSA) is 40.6 Å². The third-order valence-corrected chi connectivity index (χ3v) is 4.74. The minimum atomic E-state index is -0.244. The highest BCUT2D eigenvalue weighted by Crippen LogP contribution is 2.32. The molecule has 0 fully saturated rings. The molecule has 2 amide bonds. The molecule has 2 aromatic rings. The van der Waals surface area contributed by atoms with Gasteiger partial charge in [0.05, 0.1) is 0 Å². The minimum Gasteiger partial charge on any atom is -0.307 e. The largest absolute Gasteiger partial charge is 0.307 e. The van der Waals surface area contributed by atoms with Gasteiger partial charge >= 0.3 is 0 Å². The molecule has 1 unspecified atom stereocenters. The van der Waals surface area contributed by atoms with E-state index in [2.05, 4.69) is 0 Å². The maximum Gasteiger partial charge on any atom is 0.247 e. The van der Waals surface area contributed by atoms with Gasteiger partial charge in [-0.25, -0.2) is 0 Å². The summed E-state index contributed by atoms with van der Waals surface area (Å²) in [6.07, 6.45) is 0.810. The SMILES string of the molecule is CC(=O)N(CC(=O)N1c2ccccc2CC1C)c1cc(Cl)cc(Cl)c1. The van der Waals surface area contributed by atoms with Crippen LogP contribution in [-0.4, -0.2) is 24.4 Å². The van der Waals surface area contributed by atoms with Gasteiger partial charge in [-0.05, 0) is 43.2 Å². The van der Waals surface area contributed by atoms with E-state index in [9.17, 15) is 9.59 Å². The van der Waals surface area contributed by atoms with Gasteiger partial charge in [-0.1, -0.05) is 41.4 Å². The Morgan fingerprint density at radius 2 is 1.80 bits per heavy atom. The third-order valence-electron chi connectivity index (χ3n) is 4.31. The second kappa shape index (κ2) is 7.06. The molecule has 0 aliphatic carbocycles. The third kappa shape index (κ3) is 3.65. The van der Waals surface area contributed by atoms with Gasteiger partial charge in [0.1, 0.15) is 6.54 Å². The summed E-state index contributed by atoms with van der Waals surface area (Å²) >= 11 is 12.1. The summed E-state index contributed by atoms with van der Waals surface area (Å²) < 4.78 is 0. The first-order valence-corrected chi connectivity index (χ1v) is 8.76. The lowest BCUT2D eigenvalue weighted by Crippen LogP contribution is -2.44. The van der Waals surface area contributed by atoms with E-state index in [1.165, 1.54) is 11.8 Å². The number of carbonyl (C=O) groups excluding carboxylic acids is 2. The number of nitrogens with zero attached hydrogens (tertiary/aromatic N) is 2. The fourth-order valence-electron chi connectivity index (χ4n) is 3.24. The highest BCUT2D eigenvalue weighted by molar-refractivity contribution is 6.35.